The van der Waals surface area contributed by atoms with Gasteiger partial charge in [0.25, 0.3) is 0 Å². The molecular weight excluding hydrogens is 314 g/mol. The van der Waals surface area contributed by atoms with Crippen LogP contribution in [0.1, 0.15) is 23.7 Å². The first kappa shape index (κ1) is 16.5. The van der Waals surface area contributed by atoms with Crippen molar-refractivity contribution < 1.29 is 18.3 Å². The summed E-state index contributed by atoms with van der Waals surface area (Å²) in [7, 11) is 0. The number of ether oxygens (including phenoxy) is 1. The Labute approximate surface area is 139 Å². The standard InChI is InChI=1S/C18H18F2N2O2/c19-14-2-3-15(16(20)11-14)17-12-22(9-10-24-17)18(23)4-1-13-5-7-21-8-6-13/h2-3,5-8,11,17H,1,4,9-10,12H2/t17-/m0/s1. The van der Waals surface area contributed by atoms with Crippen molar-refractivity contribution in [3.63, 3.8) is 0 Å². The molecule has 1 amide bonds. The molecule has 1 fully saturated rings. The van der Waals surface area contributed by atoms with E-state index in [1.807, 2.05) is 12.1 Å². The summed E-state index contributed by atoms with van der Waals surface area (Å²) in [6.07, 6.45) is 3.84. The predicted molar refractivity (Wildman–Crippen MR) is 84.2 cm³/mol. The molecule has 24 heavy (non-hydrogen) atoms. The smallest absolute Gasteiger partial charge is 0.223 e. The summed E-state index contributed by atoms with van der Waals surface area (Å²) in [5.41, 5.74) is 1.33. The molecule has 0 aliphatic carbocycles. The number of morpholine rings is 1. The SMILES string of the molecule is O=C(CCc1ccncc1)N1CCO[C@H](c2ccc(F)cc2F)C1. The summed E-state index contributed by atoms with van der Waals surface area (Å²) >= 11 is 0. The lowest BCUT2D eigenvalue weighted by Crippen LogP contribution is -2.42. The lowest BCUT2D eigenvalue weighted by molar-refractivity contribution is -0.139. The van der Waals surface area contributed by atoms with Crippen molar-refractivity contribution in [1.29, 1.82) is 0 Å². The van der Waals surface area contributed by atoms with Crippen molar-refractivity contribution >= 4 is 5.91 Å². The zero-order valence-corrected chi connectivity index (χ0v) is 13.1. The van der Waals surface area contributed by atoms with Gasteiger partial charge in [0.05, 0.1) is 13.2 Å². The average molecular weight is 332 g/mol. The Morgan fingerprint density at radius 1 is 1.25 bits per heavy atom. The van der Waals surface area contributed by atoms with Gasteiger partial charge in [0.1, 0.15) is 17.7 Å². The summed E-state index contributed by atoms with van der Waals surface area (Å²) in [5, 5.41) is 0. The monoisotopic (exact) mass is 332 g/mol. The number of aryl methyl sites for hydroxylation is 1. The molecule has 6 heteroatoms. The molecule has 1 aliphatic rings. The summed E-state index contributed by atoms with van der Waals surface area (Å²) < 4.78 is 32.5. The van der Waals surface area contributed by atoms with Crippen molar-refractivity contribution in [1.82, 2.24) is 9.88 Å². The Hall–Kier alpha value is -2.34. The summed E-state index contributed by atoms with van der Waals surface area (Å²) in [6.45, 7) is 1.09. The van der Waals surface area contributed by atoms with Gasteiger partial charge < -0.3 is 9.64 Å². The van der Waals surface area contributed by atoms with Crippen LogP contribution in [0, 0.1) is 11.6 Å². The quantitative estimate of drug-likeness (QED) is 0.865. The molecular formula is C18H18F2N2O2. The van der Waals surface area contributed by atoms with E-state index in [0.29, 0.717) is 26.0 Å². The minimum atomic E-state index is -0.647. The number of halogens is 2. The third-order valence-electron chi connectivity index (χ3n) is 4.11. The van der Waals surface area contributed by atoms with E-state index < -0.39 is 17.7 Å². The molecule has 1 saturated heterocycles. The maximum atomic E-state index is 13.9. The lowest BCUT2D eigenvalue weighted by Gasteiger charge is -2.33. The highest BCUT2D eigenvalue weighted by molar-refractivity contribution is 5.76. The van der Waals surface area contributed by atoms with E-state index in [4.69, 9.17) is 4.74 Å². The highest BCUT2D eigenvalue weighted by Gasteiger charge is 2.27. The molecule has 0 bridgehead atoms. The van der Waals surface area contributed by atoms with Crippen molar-refractivity contribution in [2.45, 2.75) is 18.9 Å². The van der Waals surface area contributed by atoms with Crippen LogP contribution in [-0.4, -0.2) is 35.5 Å². The number of aromatic nitrogens is 1. The van der Waals surface area contributed by atoms with Crippen LogP contribution in [0.5, 0.6) is 0 Å². The second-order valence-electron chi connectivity index (χ2n) is 5.72. The molecule has 1 aromatic carbocycles. The first-order valence-electron chi connectivity index (χ1n) is 7.87. The van der Waals surface area contributed by atoms with Gasteiger partial charge in [-0.2, -0.15) is 0 Å². The number of amides is 1. The lowest BCUT2D eigenvalue weighted by atomic mass is 10.1. The maximum Gasteiger partial charge on any atom is 0.223 e. The third-order valence-corrected chi connectivity index (χ3v) is 4.11. The van der Waals surface area contributed by atoms with Gasteiger partial charge in [-0.1, -0.05) is 6.07 Å². The van der Waals surface area contributed by atoms with Gasteiger partial charge in [-0.05, 0) is 30.2 Å². The zero-order valence-electron chi connectivity index (χ0n) is 13.1. The van der Waals surface area contributed by atoms with E-state index in [2.05, 4.69) is 4.98 Å². The Bertz CT molecular complexity index is 709. The van der Waals surface area contributed by atoms with Gasteiger partial charge in [-0.25, -0.2) is 8.78 Å². The summed E-state index contributed by atoms with van der Waals surface area (Å²) in [5.74, 6) is -1.27. The van der Waals surface area contributed by atoms with E-state index in [1.54, 1.807) is 17.3 Å². The number of carbonyl (C=O) groups is 1. The fraction of sp³-hybridized carbons (Fsp3) is 0.333. The molecule has 0 spiro atoms. The number of rotatable bonds is 4. The topological polar surface area (TPSA) is 42.4 Å². The van der Waals surface area contributed by atoms with Crippen LogP contribution in [0.2, 0.25) is 0 Å². The number of benzene rings is 1. The van der Waals surface area contributed by atoms with E-state index in [-0.39, 0.29) is 18.0 Å². The number of pyridine rings is 1. The molecule has 1 atom stereocenters. The van der Waals surface area contributed by atoms with Crippen LogP contribution in [0.3, 0.4) is 0 Å². The number of carbonyl (C=O) groups excluding carboxylic acids is 1. The van der Waals surface area contributed by atoms with E-state index in [9.17, 15) is 13.6 Å². The van der Waals surface area contributed by atoms with Crippen molar-refractivity contribution in [3.8, 4) is 0 Å². The largest absolute Gasteiger partial charge is 0.370 e. The van der Waals surface area contributed by atoms with Crippen LogP contribution in [0.4, 0.5) is 8.78 Å². The molecule has 1 aromatic heterocycles. The van der Waals surface area contributed by atoms with Crippen molar-refractivity contribution in [3.05, 3.63) is 65.5 Å². The number of hydrogen-bond acceptors (Lipinski definition) is 3. The molecule has 3 rings (SSSR count). The Morgan fingerprint density at radius 3 is 2.79 bits per heavy atom. The third kappa shape index (κ3) is 3.94. The minimum absolute atomic E-state index is 0.00244. The fourth-order valence-electron chi connectivity index (χ4n) is 2.79. The number of nitrogens with zero attached hydrogens (tertiary/aromatic N) is 2. The van der Waals surface area contributed by atoms with E-state index in [1.165, 1.54) is 12.1 Å². The van der Waals surface area contributed by atoms with Crippen LogP contribution in [0.25, 0.3) is 0 Å². The van der Waals surface area contributed by atoms with Crippen molar-refractivity contribution in [2.24, 2.45) is 0 Å². The minimum Gasteiger partial charge on any atom is -0.370 e. The Morgan fingerprint density at radius 2 is 2.04 bits per heavy atom. The van der Waals surface area contributed by atoms with Crippen LogP contribution in [0.15, 0.2) is 42.7 Å². The van der Waals surface area contributed by atoms with E-state index in [0.717, 1.165) is 11.6 Å². The molecule has 0 radical (unpaired) electrons. The van der Waals surface area contributed by atoms with Crippen molar-refractivity contribution in [2.75, 3.05) is 19.7 Å². The molecule has 126 valence electrons. The molecule has 2 heterocycles. The molecule has 0 unspecified atom stereocenters. The molecule has 2 aromatic rings. The van der Waals surface area contributed by atoms with Gasteiger partial charge in [-0.3, -0.25) is 9.78 Å². The summed E-state index contributed by atoms with van der Waals surface area (Å²) in [6, 6.07) is 7.17. The first-order chi connectivity index (χ1) is 11.6. The second kappa shape index (κ2) is 7.49. The Kier molecular flexibility index (Phi) is 5.15. The molecule has 0 N–H and O–H groups in total. The van der Waals surface area contributed by atoms with Crippen LogP contribution < -0.4 is 0 Å². The van der Waals surface area contributed by atoms with Gasteiger partial charge in [-0.15, -0.1) is 0 Å². The molecule has 4 nitrogen and oxygen atoms in total. The predicted octanol–water partition coefficient (Wildman–Crippen LogP) is 2.89. The maximum absolute atomic E-state index is 13.9. The van der Waals surface area contributed by atoms with Gasteiger partial charge >= 0.3 is 0 Å². The molecule has 1 aliphatic heterocycles. The number of hydrogen-bond donors (Lipinski definition) is 0. The highest BCUT2D eigenvalue weighted by atomic mass is 19.1. The summed E-state index contributed by atoms with van der Waals surface area (Å²) in [4.78, 5) is 18.0. The first-order valence-corrected chi connectivity index (χ1v) is 7.87. The van der Waals surface area contributed by atoms with Crippen LogP contribution in [-0.2, 0) is 16.0 Å². The average Bonchev–Trinajstić information content (AvgIpc) is 2.60. The highest BCUT2D eigenvalue weighted by Crippen LogP contribution is 2.25. The van der Waals surface area contributed by atoms with Gasteiger partial charge in [0, 0.05) is 37.0 Å². The normalized spacial score (nSPS) is 17.8. The van der Waals surface area contributed by atoms with Gasteiger partial charge in [0.2, 0.25) is 5.91 Å². The Balaban J connectivity index is 1.61. The van der Waals surface area contributed by atoms with Crippen LogP contribution >= 0.6 is 0 Å². The van der Waals surface area contributed by atoms with E-state index >= 15 is 0 Å². The fourth-order valence-corrected chi connectivity index (χ4v) is 2.79. The van der Waals surface area contributed by atoms with Gasteiger partial charge in [0.15, 0.2) is 0 Å². The second-order valence-corrected chi connectivity index (χ2v) is 5.72. The molecule has 0 saturated carbocycles. The zero-order chi connectivity index (χ0) is 16.9.